The molecule has 3 N–H and O–H groups in total. The van der Waals surface area contributed by atoms with Crippen molar-refractivity contribution >= 4 is 11.6 Å². The van der Waals surface area contributed by atoms with E-state index in [1.165, 1.54) is 12.8 Å². The summed E-state index contributed by atoms with van der Waals surface area (Å²) in [5.74, 6) is -0.472. The first-order chi connectivity index (χ1) is 9.20. The van der Waals surface area contributed by atoms with Crippen molar-refractivity contribution in [2.75, 3.05) is 12.4 Å². The minimum Gasteiger partial charge on any atom is -0.399 e. The van der Waals surface area contributed by atoms with Gasteiger partial charge in [0.1, 0.15) is 0 Å². The van der Waals surface area contributed by atoms with E-state index in [0.717, 1.165) is 18.4 Å². The van der Waals surface area contributed by atoms with Gasteiger partial charge in [-0.05, 0) is 37.0 Å². The van der Waals surface area contributed by atoms with Gasteiger partial charge in [-0.3, -0.25) is 9.18 Å². The number of halogens is 1. The average Bonchev–Trinajstić information content (AvgIpc) is 2.90. The number of nitrogens with two attached hydrogens (primary N) is 1. The van der Waals surface area contributed by atoms with E-state index in [0.29, 0.717) is 5.69 Å². The number of anilines is 1. The van der Waals surface area contributed by atoms with Crippen molar-refractivity contribution in [2.45, 2.75) is 44.1 Å². The first-order valence-corrected chi connectivity index (χ1v) is 6.92. The lowest BCUT2D eigenvalue weighted by Gasteiger charge is -2.19. The second-order valence-electron chi connectivity index (χ2n) is 5.19. The quantitative estimate of drug-likeness (QED) is 0.803. The van der Waals surface area contributed by atoms with Crippen molar-refractivity contribution in [3.63, 3.8) is 0 Å². The van der Waals surface area contributed by atoms with E-state index >= 15 is 0 Å². The van der Waals surface area contributed by atoms with Gasteiger partial charge in [-0.25, -0.2) is 0 Å². The molecular formula is C15H21FN2O. The molecule has 0 spiro atoms. The number of nitrogen functional groups attached to an aromatic ring is 1. The van der Waals surface area contributed by atoms with Crippen LogP contribution in [0.2, 0.25) is 0 Å². The van der Waals surface area contributed by atoms with Crippen LogP contribution in [0.4, 0.5) is 10.1 Å². The fourth-order valence-electron chi connectivity index (χ4n) is 2.66. The maximum absolute atomic E-state index is 12.7. The molecular weight excluding hydrogens is 243 g/mol. The molecule has 0 radical (unpaired) electrons. The average molecular weight is 264 g/mol. The van der Waals surface area contributed by atoms with Crippen LogP contribution in [-0.2, 0) is 4.79 Å². The summed E-state index contributed by atoms with van der Waals surface area (Å²) in [4.78, 5) is 12.3. The summed E-state index contributed by atoms with van der Waals surface area (Å²) < 4.78 is 12.7. The first-order valence-electron chi connectivity index (χ1n) is 6.92. The fourth-order valence-corrected chi connectivity index (χ4v) is 2.66. The van der Waals surface area contributed by atoms with Crippen LogP contribution < -0.4 is 11.1 Å². The molecule has 1 saturated carbocycles. The zero-order valence-corrected chi connectivity index (χ0v) is 11.1. The standard InChI is InChI=1S/C15H21FN2O/c16-10-9-14(11-5-7-12(17)8-6-11)15(19)18-13-3-1-2-4-13/h5-8,13-14H,1-4,9-10,17H2,(H,18,19). The van der Waals surface area contributed by atoms with Crippen molar-refractivity contribution in [3.8, 4) is 0 Å². The predicted molar refractivity (Wildman–Crippen MR) is 74.6 cm³/mol. The number of rotatable bonds is 5. The van der Waals surface area contributed by atoms with Crippen LogP contribution in [-0.4, -0.2) is 18.6 Å². The van der Waals surface area contributed by atoms with Crippen molar-refractivity contribution < 1.29 is 9.18 Å². The predicted octanol–water partition coefficient (Wildman–Crippen LogP) is 2.77. The normalized spacial score (nSPS) is 17.3. The molecule has 4 heteroatoms. The third-order valence-electron chi connectivity index (χ3n) is 3.75. The number of benzene rings is 1. The van der Waals surface area contributed by atoms with E-state index < -0.39 is 12.6 Å². The van der Waals surface area contributed by atoms with E-state index in [1.54, 1.807) is 12.1 Å². The Balaban J connectivity index is 2.05. The van der Waals surface area contributed by atoms with Crippen LogP contribution in [0.5, 0.6) is 0 Å². The molecule has 3 nitrogen and oxygen atoms in total. The molecule has 1 aliphatic rings. The van der Waals surface area contributed by atoms with Crippen LogP contribution >= 0.6 is 0 Å². The van der Waals surface area contributed by atoms with Crippen LogP contribution in [0.3, 0.4) is 0 Å². The minimum absolute atomic E-state index is 0.0608. The van der Waals surface area contributed by atoms with Crippen LogP contribution in [0, 0.1) is 0 Å². The highest BCUT2D eigenvalue weighted by Crippen LogP contribution is 2.24. The summed E-state index contributed by atoms with van der Waals surface area (Å²) in [6.07, 6.45) is 4.63. The van der Waals surface area contributed by atoms with Crippen LogP contribution in [0.15, 0.2) is 24.3 Å². The van der Waals surface area contributed by atoms with Gasteiger partial charge in [-0.2, -0.15) is 0 Å². The number of nitrogens with one attached hydrogen (secondary N) is 1. The van der Waals surface area contributed by atoms with Crippen molar-refractivity contribution in [2.24, 2.45) is 0 Å². The lowest BCUT2D eigenvalue weighted by molar-refractivity contribution is -0.123. The third-order valence-corrected chi connectivity index (χ3v) is 3.75. The molecule has 2 rings (SSSR count). The number of hydrogen-bond acceptors (Lipinski definition) is 2. The largest absolute Gasteiger partial charge is 0.399 e. The summed E-state index contributed by atoms with van der Waals surface area (Å²) in [5.41, 5.74) is 7.12. The Morgan fingerprint density at radius 2 is 1.95 bits per heavy atom. The molecule has 0 bridgehead atoms. The zero-order chi connectivity index (χ0) is 13.7. The molecule has 1 atom stereocenters. The maximum atomic E-state index is 12.7. The van der Waals surface area contributed by atoms with Gasteiger partial charge >= 0.3 is 0 Å². The number of amides is 1. The SMILES string of the molecule is Nc1ccc(C(CCF)C(=O)NC2CCCC2)cc1. The van der Waals surface area contributed by atoms with Crippen LogP contribution in [0.1, 0.15) is 43.6 Å². The number of hydrogen-bond donors (Lipinski definition) is 2. The summed E-state index contributed by atoms with van der Waals surface area (Å²) >= 11 is 0. The smallest absolute Gasteiger partial charge is 0.227 e. The molecule has 1 fully saturated rings. The Bertz CT molecular complexity index is 413. The van der Waals surface area contributed by atoms with Gasteiger partial charge in [0.05, 0.1) is 12.6 Å². The van der Waals surface area contributed by atoms with Gasteiger partial charge < -0.3 is 11.1 Å². The van der Waals surface area contributed by atoms with Gasteiger partial charge in [0.2, 0.25) is 5.91 Å². The summed E-state index contributed by atoms with van der Waals surface area (Å²) in [6.45, 7) is -0.493. The van der Waals surface area contributed by atoms with Gasteiger partial charge in [-0.15, -0.1) is 0 Å². The summed E-state index contributed by atoms with van der Waals surface area (Å²) in [6, 6.07) is 7.39. The second-order valence-corrected chi connectivity index (χ2v) is 5.19. The van der Waals surface area contributed by atoms with Crippen molar-refractivity contribution in [1.29, 1.82) is 0 Å². The monoisotopic (exact) mass is 264 g/mol. The second kappa shape index (κ2) is 6.55. The Morgan fingerprint density at radius 1 is 1.32 bits per heavy atom. The maximum Gasteiger partial charge on any atom is 0.227 e. The Hall–Kier alpha value is -1.58. The Labute approximate surface area is 113 Å². The van der Waals surface area contributed by atoms with E-state index in [-0.39, 0.29) is 18.4 Å². The topological polar surface area (TPSA) is 55.1 Å². The van der Waals surface area contributed by atoms with Gasteiger partial charge in [0, 0.05) is 11.7 Å². The number of carbonyl (C=O) groups is 1. The molecule has 0 saturated heterocycles. The zero-order valence-electron chi connectivity index (χ0n) is 11.1. The summed E-state index contributed by atoms with van der Waals surface area (Å²) in [5, 5.41) is 3.04. The van der Waals surface area contributed by atoms with E-state index in [9.17, 15) is 9.18 Å². The molecule has 104 valence electrons. The number of carbonyl (C=O) groups excluding carboxylic acids is 1. The highest BCUT2D eigenvalue weighted by atomic mass is 19.1. The molecule has 1 aromatic carbocycles. The van der Waals surface area contributed by atoms with Gasteiger partial charge in [0.25, 0.3) is 0 Å². The van der Waals surface area contributed by atoms with Crippen molar-refractivity contribution in [1.82, 2.24) is 5.32 Å². The van der Waals surface area contributed by atoms with E-state index in [2.05, 4.69) is 5.32 Å². The van der Waals surface area contributed by atoms with E-state index in [1.807, 2.05) is 12.1 Å². The van der Waals surface area contributed by atoms with Crippen molar-refractivity contribution in [3.05, 3.63) is 29.8 Å². The first kappa shape index (κ1) is 13.8. The highest BCUT2D eigenvalue weighted by molar-refractivity contribution is 5.84. The molecule has 1 unspecified atom stereocenters. The molecule has 0 heterocycles. The highest BCUT2D eigenvalue weighted by Gasteiger charge is 2.24. The van der Waals surface area contributed by atoms with E-state index in [4.69, 9.17) is 5.73 Å². The minimum atomic E-state index is -0.493. The lowest BCUT2D eigenvalue weighted by atomic mass is 9.94. The van der Waals surface area contributed by atoms with Gasteiger partial charge in [-0.1, -0.05) is 25.0 Å². The molecule has 1 aromatic rings. The molecule has 19 heavy (non-hydrogen) atoms. The van der Waals surface area contributed by atoms with Gasteiger partial charge in [0.15, 0.2) is 0 Å². The Kier molecular flexibility index (Phi) is 4.77. The number of alkyl halides is 1. The molecule has 1 amide bonds. The van der Waals surface area contributed by atoms with Crippen LogP contribution in [0.25, 0.3) is 0 Å². The molecule has 0 aromatic heterocycles. The molecule has 0 aliphatic heterocycles. The fraction of sp³-hybridized carbons (Fsp3) is 0.533. The third kappa shape index (κ3) is 3.69. The Morgan fingerprint density at radius 3 is 2.53 bits per heavy atom. The molecule has 1 aliphatic carbocycles. The summed E-state index contributed by atoms with van der Waals surface area (Å²) in [7, 11) is 0. The lowest BCUT2D eigenvalue weighted by Crippen LogP contribution is -2.36.